The maximum atomic E-state index is 11.8. The van der Waals surface area contributed by atoms with Crippen LogP contribution in [0, 0.1) is 0 Å². The van der Waals surface area contributed by atoms with E-state index in [0.29, 0.717) is 26.2 Å². The summed E-state index contributed by atoms with van der Waals surface area (Å²) in [7, 11) is 0. The van der Waals surface area contributed by atoms with Gasteiger partial charge in [0.25, 0.3) is 0 Å². The normalized spacial score (nSPS) is 10.5. The van der Waals surface area contributed by atoms with Gasteiger partial charge in [-0.2, -0.15) is 0 Å². The van der Waals surface area contributed by atoms with Crippen LogP contribution in [0.4, 0.5) is 9.59 Å². The molecule has 0 atom stereocenters. The highest BCUT2D eigenvalue weighted by Gasteiger charge is 2.01. The number of rotatable bonds is 17. The molecular weight excluding hydrogens is 428 g/mol. The molecule has 0 aliphatic carbocycles. The largest absolute Gasteiger partial charge is 0.338 e. The predicted molar refractivity (Wildman–Crippen MR) is 135 cm³/mol. The number of unbranched alkanes of at least 4 members (excludes halogenated alkanes) is 9. The van der Waals surface area contributed by atoms with Crippen molar-refractivity contribution >= 4 is 12.1 Å². The van der Waals surface area contributed by atoms with Gasteiger partial charge >= 0.3 is 12.1 Å². The smallest absolute Gasteiger partial charge is 0.315 e. The van der Waals surface area contributed by atoms with Crippen molar-refractivity contribution in [2.24, 2.45) is 0 Å². The summed E-state index contributed by atoms with van der Waals surface area (Å²) in [6.07, 6.45) is 18.8. The van der Waals surface area contributed by atoms with Crippen molar-refractivity contribution in [3.05, 3.63) is 60.2 Å². The molecule has 0 fully saturated rings. The van der Waals surface area contributed by atoms with Gasteiger partial charge in [-0.25, -0.2) is 9.59 Å². The fourth-order valence-electron chi connectivity index (χ4n) is 3.56. The Balaban J connectivity index is 1.28. The number of nitrogens with one attached hydrogen (secondary N) is 4. The maximum Gasteiger partial charge on any atom is 0.315 e. The minimum Gasteiger partial charge on any atom is -0.338 e. The Morgan fingerprint density at radius 1 is 0.559 bits per heavy atom. The number of nitrogens with zero attached hydrogens (tertiary/aromatic N) is 2. The van der Waals surface area contributed by atoms with Crippen molar-refractivity contribution in [1.29, 1.82) is 0 Å². The van der Waals surface area contributed by atoms with Gasteiger partial charge in [0.15, 0.2) is 0 Å². The van der Waals surface area contributed by atoms with E-state index >= 15 is 0 Å². The van der Waals surface area contributed by atoms with Crippen LogP contribution in [0.2, 0.25) is 0 Å². The molecule has 2 aromatic heterocycles. The van der Waals surface area contributed by atoms with Crippen LogP contribution < -0.4 is 21.3 Å². The third-order valence-corrected chi connectivity index (χ3v) is 5.53. The summed E-state index contributed by atoms with van der Waals surface area (Å²) in [6, 6.07) is 7.37. The Hall–Kier alpha value is -3.16. The molecule has 34 heavy (non-hydrogen) atoms. The number of hydrogen-bond donors (Lipinski definition) is 4. The van der Waals surface area contributed by atoms with Crippen molar-refractivity contribution in [2.75, 3.05) is 13.1 Å². The third-order valence-electron chi connectivity index (χ3n) is 5.53. The SMILES string of the molecule is O=C(NCCCCCCCCCCCCNC(=O)NCc1cccnc1)NCc1cccnc1. The van der Waals surface area contributed by atoms with E-state index in [1.807, 2.05) is 24.3 Å². The van der Waals surface area contributed by atoms with Crippen molar-refractivity contribution in [1.82, 2.24) is 31.2 Å². The quantitative estimate of drug-likeness (QED) is 0.253. The number of carbonyl (C=O) groups excluding carboxylic acids is 2. The zero-order chi connectivity index (χ0) is 24.1. The van der Waals surface area contributed by atoms with Gasteiger partial charge in [0.2, 0.25) is 0 Å². The molecule has 0 aliphatic heterocycles. The van der Waals surface area contributed by atoms with Gasteiger partial charge in [0.1, 0.15) is 0 Å². The molecule has 4 amide bonds. The Morgan fingerprint density at radius 2 is 0.941 bits per heavy atom. The molecule has 2 rings (SSSR count). The van der Waals surface area contributed by atoms with E-state index in [1.165, 1.54) is 38.5 Å². The predicted octanol–water partition coefficient (Wildman–Crippen LogP) is 4.68. The zero-order valence-electron chi connectivity index (χ0n) is 20.2. The van der Waals surface area contributed by atoms with Gasteiger partial charge in [-0.15, -0.1) is 0 Å². The Bertz CT molecular complexity index is 721. The molecule has 186 valence electrons. The Morgan fingerprint density at radius 3 is 1.29 bits per heavy atom. The number of pyridine rings is 2. The van der Waals surface area contributed by atoms with Crippen LogP contribution >= 0.6 is 0 Å². The van der Waals surface area contributed by atoms with Crippen LogP contribution in [0.1, 0.15) is 75.3 Å². The topological polar surface area (TPSA) is 108 Å². The van der Waals surface area contributed by atoms with Crippen LogP contribution in [-0.2, 0) is 13.1 Å². The molecule has 8 nitrogen and oxygen atoms in total. The summed E-state index contributed by atoms with van der Waals surface area (Å²) < 4.78 is 0. The van der Waals surface area contributed by atoms with Crippen molar-refractivity contribution < 1.29 is 9.59 Å². The third kappa shape index (κ3) is 14.1. The molecule has 0 saturated carbocycles. The van der Waals surface area contributed by atoms with Crippen LogP contribution in [0.25, 0.3) is 0 Å². The molecule has 2 heterocycles. The first-order valence-electron chi connectivity index (χ1n) is 12.6. The van der Waals surface area contributed by atoms with Gasteiger partial charge in [-0.05, 0) is 36.1 Å². The van der Waals surface area contributed by atoms with E-state index < -0.39 is 0 Å². The second-order valence-corrected chi connectivity index (χ2v) is 8.48. The van der Waals surface area contributed by atoms with E-state index in [4.69, 9.17) is 0 Å². The fraction of sp³-hybridized carbons (Fsp3) is 0.538. The molecule has 0 radical (unpaired) electrons. The summed E-state index contributed by atoms with van der Waals surface area (Å²) in [5.41, 5.74) is 1.99. The number of amides is 4. The van der Waals surface area contributed by atoms with Crippen LogP contribution in [0.15, 0.2) is 49.1 Å². The fourth-order valence-corrected chi connectivity index (χ4v) is 3.56. The maximum absolute atomic E-state index is 11.8. The lowest BCUT2D eigenvalue weighted by atomic mass is 10.1. The van der Waals surface area contributed by atoms with Crippen molar-refractivity contribution in [3.8, 4) is 0 Å². The van der Waals surface area contributed by atoms with Gasteiger partial charge in [0.05, 0.1) is 0 Å². The number of hydrogen-bond acceptors (Lipinski definition) is 4. The van der Waals surface area contributed by atoms with Crippen LogP contribution in [-0.4, -0.2) is 35.1 Å². The lowest BCUT2D eigenvalue weighted by Gasteiger charge is -2.08. The molecule has 0 aromatic carbocycles. The average Bonchev–Trinajstić information content (AvgIpc) is 2.87. The van der Waals surface area contributed by atoms with E-state index in [9.17, 15) is 9.59 Å². The minimum absolute atomic E-state index is 0.121. The monoisotopic (exact) mass is 468 g/mol. The number of aromatic nitrogens is 2. The highest BCUT2D eigenvalue weighted by Crippen LogP contribution is 2.10. The molecular formula is C26H40N6O2. The molecule has 2 aromatic rings. The summed E-state index contributed by atoms with van der Waals surface area (Å²) in [5.74, 6) is 0. The number of carbonyl (C=O) groups is 2. The van der Waals surface area contributed by atoms with Gasteiger partial charge in [-0.1, -0.05) is 63.5 Å². The van der Waals surface area contributed by atoms with E-state index in [0.717, 1.165) is 36.8 Å². The number of urea groups is 2. The first kappa shape index (κ1) is 27.1. The van der Waals surface area contributed by atoms with E-state index in [-0.39, 0.29) is 12.1 Å². The second-order valence-electron chi connectivity index (χ2n) is 8.48. The standard InChI is InChI=1S/C26H40N6O2/c33-25(31-21-23-13-11-15-27-19-23)29-17-9-7-5-3-1-2-4-6-8-10-18-30-26(34)32-22-24-14-12-16-28-20-24/h11-16,19-20H,1-10,17-18,21-22H2,(H2,29,31,33)(H2,30,32,34). The minimum atomic E-state index is -0.121. The molecule has 0 saturated heterocycles. The van der Waals surface area contributed by atoms with Crippen LogP contribution in [0.5, 0.6) is 0 Å². The molecule has 4 N–H and O–H groups in total. The van der Waals surface area contributed by atoms with Gasteiger partial charge < -0.3 is 21.3 Å². The zero-order valence-corrected chi connectivity index (χ0v) is 20.2. The van der Waals surface area contributed by atoms with Gasteiger partial charge in [-0.3, -0.25) is 9.97 Å². The average molecular weight is 469 g/mol. The van der Waals surface area contributed by atoms with Crippen molar-refractivity contribution in [2.45, 2.75) is 77.3 Å². The second kappa shape index (κ2) is 18.3. The first-order valence-corrected chi connectivity index (χ1v) is 12.6. The molecule has 0 unspecified atom stereocenters. The summed E-state index contributed by atoms with van der Waals surface area (Å²) in [6.45, 7) is 2.43. The Kier molecular flexibility index (Phi) is 14.6. The highest BCUT2D eigenvalue weighted by molar-refractivity contribution is 5.74. The molecule has 0 spiro atoms. The Labute approximate surface area is 203 Å². The molecule has 0 aliphatic rings. The summed E-state index contributed by atoms with van der Waals surface area (Å²) >= 11 is 0. The van der Waals surface area contributed by atoms with E-state index in [1.54, 1.807) is 24.8 Å². The first-order chi connectivity index (χ1) is 16.7. The molecule has 8 heteroatoms. The van der Waals surface area contributed by atoms with E-state index in [2.05, 4.69) is 31.2 Å². The summed E-state index contributed by atoms with van der Waals surface area (Å²) in [4.78, 5) is 31.6. The lowest BCUT2D eigenvalue weighted by Crippen LogP contribution is -2.35. The molecule has 0 bridgehead atoms. The highest BCUT2D eigenvalue weighted by atomic mass is 16.2. The van der Waals surface area contributed by atoms with Gasteiger partial charge in [0, 0.05) is 51.0 Å². The van der Waals surface area contributed by atoms with Crippen LogP contribution in [0.3, 0.4) is 0 Å². The lowest BCUT2D eigenvalue weighted by molar-refractivity contribution is 0.239. The summed E-state index contributed by atoms with van der Waals surface area (Å²) in [5, 5.41) is 11.5. The van der Waals surface area contributed by atoms with Crippen molar-refractivity contribution in [3.63, 3.8) is 0 Å².